The quantitative estimate of drug-likeness (QED) is 0.109. The highest BCUT2D eigenvalue weighted by atomic mass is 32.2. The molecule has 0 radical (unpaired) electrons. The summed E-state index contributed by atoms with van der Waals surface area (Å²) in [5.41, 5.74) is 8.34. The van der Waals surface area contributed by atoms with E-state index in [1.807, 2.05) is 26.0 Å². The van der Waals surface area contributed by atoms with Gasteiger partial charge < -0.3 is 0 Å². The Bertz CT molecular complexity index is 2290. The molecule has 0 fully saturated rings. The fourth-order valence-corrected chi connectivity index (χ4v) is 13.4. The van der Waals surface area contributed by atoms with Crippen LogP contribution in [-0.2, 0) is 29.5 Å². The van der Waals surface area contributed by atoms with Gasteiger partial charge in [0, 0.05) is 0 Å². The zero-order valence-electron chi connectivity index (χ0n) is 38.3. The maximum Gasteiger partial charge on any atom is 0.185 e. The molecule has 0 saturated heterocycles. The van der Waals surface area contributed by atoms with Crippen LogP contribution in [0.1, 0.15) is 121 Å². The van der Waals surface area contributed by atoms with Gasteiger partial charge in [-0.05, 0) is 139 Å². The van der Waals surface area contributed by atoms with Crippen LogP contribution >= 0.6 is 0 Å². The number of rotatable bonds is 18. The van der Waals surface area contributed by atoms with Gasteiger partial charge >= 0.3 is 0 Å². The second kappa shape index (κ2) is 21.1. The fourth-order valence-electron chi connectivity index (χ4n) is 8.64. The van der Waals surface area contributed by atoms with E-state index in [0.717, 1.165) is 49.7 Å². The molecule has 6 nitrogen and oxygen atoms in total. The third kappa shape index (κ3) is 14.1. The Morgan fingerprint density at radius 2 is 0.918 bits per heavy atom. The predicted octanol–water partition coefficient (Wildman–Crippen LogP) is 12.8. The van der Waals surface area contributed by atoms with Crippen molar-refractivity contribution >= 4 is 29.5 Å². The lowest BCUT2D eigenvalue weighted by atomic mass is 9.72. The van der Waals surface area contributed by atoms with Crippen molar-refractivity contribution in [1.29, 1.82) is 0 Å². The van der Waals surface area contributed by atoms with E-state index in [1.54, 1.807) is 98.8 Å². The van der Waals surface area contributed by atoms with Crippen molar-refractivity contribution in [3.8, 4) is 0 Å². The minimum atomic E-state index is -3.80. The summed E-state index contributed by atoms with van der Waals surface area (Å²) in [7, 11) is -11.2. The van der Waals surface area contributed by atoms with Gasteiger partial charge in [0.1, 0.15) is 0 Å². The highest BCUT2D eigenvalue weighted by molar-refractivity contribution is 7.92. The van der Waals surface area contributed by atoms with E-state index in [9.17, 15) is 25.3 Å². The summed E-state index contributed by atoms with van der Waals surface area (Å²) in [6, 6.07) is 16.8. The molecule has 0 aromatic heterocycles. The molecule has 0 heterocycles. The second-order valence-corrected chi connectivity index (χ2v) is 25.2. The first kappa shape index (κ1) is 49.9. The highest BCUT2D eigenvalue weighted by Crippen LogP contribution is 2.42. The first-order chi connectivity index (χ1) is 28.4. The van der Waals surface area contributed by atoms with Gasteiger partial charge in [-0.25, -0.2) is 25.3 Å². The zero-order chi connectivity index (χ0) is 45.2. The van der Waals surface area contributed by atoms with Crippen LogP contribution in [-0.4, -0.2) is 47.3 Å². The normalized spacial score (nSPS) is 19.8. The summed E-state index contributed by atoms with van der Waals surface area (Å²) >= 11 is 0. The lowest BCUT2D eigenvalue weighted by Gasteiger charge is -2.33. The molecule has 2 aromatic rings. The minimum Gasteiger partial charge on any atom is -0.228 e. The Morgan fingerprint density at radius 3 is 1.25 bits per heavy atom. The van der Waals surface area contributed by atoms with E-state index in [2.05, 4.69) is 53.7 Å². The average molecular weight is 887 g/mol. The Balaban J connectivity index is 1.55. The molecule has 0 amide bonds. The Labute approximate surface area is 369 Å². The number of benzene rings is 2. The smallest absolute Gasteiger partial charge is 0.185 e. The average Bonchev–Trinajstić information content (AvgIpc) is 3.18. The summed E-state index contributed by atoms with van der Waals surface area (Å²) in [5.74, 6) is -0.542. The summed E-state index contributed by atoms with van der Waals surface area (Å²) in [4.78, 5) is 0.436. The Morgan fingerprint density at radius 1 is 0.574 bits per heavy atom. The van der Waals surface area contributed by atoms with Gasteiger partial charge in [-0.1, -0.05) is 146 Å². The summed E-state index contributed by atoms with van der Waals surface area (Å²) in [6.45, 7) is 20.7. The molecular formula is C52H70O6S3. The minimum absolute atomic E-state index is 0.0474. The van der Waals surface area contributed by atoms with Gasteiger partial charge in [0.15, 0.2) is 29.5 Å². The van der Waals surface area contributed by atoms with E-state index in [-0.39, 0.29) is 45.0 Å². The molecular weight excluding hydrogens is 817 g/mol. The molecule has 2 atom stereocenters. The van der Waals surface area contributed by atoms with Crippen molar-refractivity contribution in [2.24, 2.45) is 10.8 Å². The van der Waals surface area contributed by atoms with E-state index in [1.165, 1.54) is 22.3 Å². The molecule has 2 aromatic carbocycles. The van der Waals surface area contributed by atoms with Crippen molar-refractivity contribution in [2.75, 3.05) is 11.5 Å². The molecule has 332 valence electrons. The van der Waals surface area contributed by atoms with Gasteiger partial charge in [0.05, 0.1) is 31.8 Å². The second-order valence-electron chi connectivity index (χ2n) is 18.7. The molecule has 0 bridgehead atoms. The van der Waals surface area contributed by atoms with Crippen LogP contribution in [0.3, 0.4) is 0 Å². The van der Waals surface area contributed by atoms with Crippen LogP contribution in [0.4, 0.5) is 0 Å². The standard InChI is InChI=1S/C52H70O6S3/c1-39(25-27-49-43(5)19-17-31-51(49,7)8)35-47(60(55,56)45-21-13-11-14-22-45)37-41(3)29-33-59(53,54)34-30-42(4)38-48(61(57,58)46-23-15-12-16-24-46)36-40(2)26-28-50-44(6)20-18-32-52(50,9)10/h11-16,21-30,35-36,47-48H,17-20,31-34,37-38H2,1-10H3. The molecule has 9 heteroatoms. The highest BCUT2D eigenvalue weighted by Gasteiger charge is 2.30. The van der Waals surface area contributed by atoms with Crippen LogP contribution in [0.15, 0.2) is 164 Å². The number of allylic oxidation sites excluding steroid dienone is 12. The predicted molar refractivity (Wildman–Crippen MR) is 257 cm³/mol. The zero-order valence-corrected chi connectivity index (χ0v) is 40.7. The van der Waals surface area contributed by atoms with Crippen LogP contribution in [0, 0.1) is 10.8 Å². The number of hydrogen-bond acceptors (Lipinski definition) is 6. The van der Waals surface area contributed by atoms with Crippen LogP contribution < -0.4 is 0 Å². The van der Waals surface area contributed by atoms with E-state index in [4.69, 9.17) is 0 Å². The summed E-state index contributed by atoms with van der Waals surface area (Å²) in [6.07, 6.45) is 21.9. The number of hydrogen-bond donors (Lipinski definition) is 0. The SMILES string of the molecule is CC(C=CC1=C(C)CCCC1(C)C)=CC(CC(C)=CCS(=O)(=O)CC=C(C)CC(C=C(C)C=CC1=C(C)CCCC1(C)C)S(=O)(=O)c1ccccc1)S(=O)(=O)c1ccccc1. The van der Waals surface area contributed by atoms with Crippen LogP contribution in [0.25, 0.3) is 0 Å². The van der Waals surface area contributed by atoms with Gasteiger partial charge in [0.25, 0.3) is 0 Å². The van der Waals surface area contributed by atoms with Crippen molar-refractivity contribution in [2.45, 2.75) is 141 Å². The Kier molecular flexibility index (Phi) is 17.2. The number of sulfone groups is 3. The topological polar surface area (TPSA) is 102 Å². The monoisotopic (exact) mass is 886 g/mol. The van der Waals surface area contributed by atoms with Gasteiger partial charge in [-0.15, -0.1) is 0 Å². The van der Waals surface area contributed by atoms with Gasteiger partial charge in [0.2, 0.25) is 0 Å². The van der Waals surface area contributed by atoms with Crippen LogP contribution in [0.5, 0.6) is 0 Å². The van der Waals surface area contributed by atoms with Crippen molar-refractivity contribution in [1.82, 2.24) is 0 Å². The molecule has 2 aliphatic rings. The Hall–Kier alpha value is -3.79. The van der Waals surface area contributed by atoms with Crippen LogP contribution in [0.2, 0.25) is 0 Å². The van der Waals surface area contributed by atoms with Crippen molar-refractivity contribution in [3.05, 3.63) is 154 Å². The first-order valence-corrected chi connectivity index (χ1v) is 26.6. The first-order valence-electron chi connectivity index (χ1n) is 21.7. The fraction of sp³-hybridized carbons (Fsp3) is 0.462. The summed E-state index contributed by atoms with van der Waals surface area (Å²) < 4.78 is 83.0. The molecule has 2 aliphatic carbocycles. The van der Waals surface area contributed by atoms with E-state index in [0.29, 0.717) is 11.1 Å². The largest absolute Gasteiger partial charge is 0.228 e. The molecule has 61 heavy (non-hydrogen) atoms. The van der Waals surface area contributed by atoms with Crippen molar-refractivity contribution < 1.29 is 25.3 Å². The third-order valence-electron chi connectivity index (χ3n) is 12.4. The molecule has 2 unspecified atom stereocenters. The van der Waals surface area contributed by atoms with Gasteiger partial charge in [-0.2, -0.15) is 0 Å². The maximum atomic E-state index is 14.0. The lowest BCUT2D eigenvalue weighted by Crippen LogP contribution is -2.21. The summed E-state index contributed by atoms with van der Waals surface area (Å²) in [5, 5.41) is -1.81. The molecule has 4 rings (SSSR count). The molecule has 0 saturated carbocycles. The lowest BCUT2D eigenvalue weighted by molar-refractivity contribution is 0.376. The maximum absolute atomic E-state index is 14.0. The molecule has 0 spiro atoms. The van der Waals surface area contributed by atoms with E-state index >= 15 is 0 Å². The van der Waals surface area contributed by atoms with Gasteiger partial charge in [-0.3, -0.25) is 0 Å². The third-order valence-corrected chi connectivity index (χ3v) is 17.8. The van der Waals surface area contributed by atoms with Crippen molar-refractivity contribution in [3.63, 3.8) is 0 Å². The van der Waals surface area contributed by atoms with E-state index < -0.39 is 40.0 Å². The molecule has 0 aliphatic heterocycles. The molecule has 0 N–H and O–H groups in total.